The normalized spacial score (nSPS) is 8.73. The Morgan fingerprint density at radius 2 is 0.818 bits per heavy atom. The van der Waals surface area contributed by atoms with E-state index in [9.17, 15) is 0 Å². The largest absolute Gasteiger partial charge is 0.259 e. The fraction of sp³-hybridized carbons (Fsp3) is 1.00. The third kappa shape index (κ3) is 37.7. The Kier molecular flexibility index (Phi) is 20.8. The van der Waals surface area contributed by atoms with Gasteiger partial charge in [-0.15, -0.1) is 0 Å². The molecule has 0 aliphatic rings. The van der Waals surface area contributed by atoms with Crippen LogP contribution in [0.3, 0.4) is 0 Å². The Bertz CT molecular complexity index is 50.5. The number of nitrogens with zero attached hydrogens (tertiary/aromatic N) is 2. The number of hydrogen-bond acceptors (Lipinski definition) is 4. The maximum atomic E-state index is 2.86. The molecule has 0 amide bonds. The molecule has 2 N–H and O–H groups in total. The molecule has 0 aromatic rings. The van der Waals surface area contributed by atoms with Gasteiger partial charge in [-0.25, -0.2) is 0 Å². The zero-order chi connectivity index (χ0) is 8.57. The van der Waals surface area contributed by atoms with Gasteiger partial charge in [0, 0.05) is 47.1 Å². The summed E-state index contributed by atoms with van der Waals surface area (Å²) in [5.41, 5.74) is 5.72. The van der Waals surface area contributed by atoms with E-state index in [4.69, 9.17) is 0 Å². The predicted octanol–water partition coefficient (Wildman–Crippen LogP) is -1.02. The van der Waals surface area contributed by atoms with Gasteiger partial charge < -0.3 is 0 Å². The molecule has 0 unspecified atom stereocenters. The average molecular weight is 155 g/mol. The molecular weight excluding hydrogens is 135 g/mol. The summed E-state index contributed by atoms with van der Waals surface area (Å²) in [5, 5.41) is 3.75. The molecule has 0 bridgehead atoms. The smallest absolute Gasteiger partial charge is 0.00128 e. The van der Waals surface area contributed by atoms with Gasteiger partial charge in [-0.1, -0.05) is 0 Å². The third-order valence-electron chi connectivity index (χ3n) is 0.894. The SMILES string of the molecule is CNN(C)C.CNN(C)C.[Li]. The van der Waals surface area contributed by atoms with Crippen LogP contribution >= 0.6 is 0 Å². The molecular formula is C6H20LiN4. The predicted molar refractivity (Wildman–Crippen MR) is 51.2 cm³/mol. The van der Waals surface area contributed by atoms with Crippen molar-refractivity contribution in [3.63, 3.8) is 0 Å². The zero-order valence-corrected chi connectivity index (χ0v) is 8.89. The molecule has 0 saturated heterocycles. The van der Waals surface area contributed by atoms with Crippen molar-refractivity contribution >= 4 is 18.9 Å². The van der Waals surface area contributed by atoms with E-state index in [2.05, 4.69) is 10.9 Å². The fourth-order valence-corrected chi connectivity index (χ4v) is 0. The molecule has 65 valence electrons. The van der Waals surface area contributed by atoms with Gasteiger partial charge in [0.05, 0.1) is 0 Å². The number of nitrogens with one attached hydrogen (secondary N) is 2. The number of rotatable bonds is 2. The van der Waals surface area contributed by atoms with Crippen LogP contribution in [0.5, 0.6) is 0 Å². The summed E-state index contributed by atoms with van der Waals surface area (Å²) in [6, 6.07) is 0. The van der Waals surface area contributed by atoms with Crippen LogP contribution in [0, 0.1) is 0 Å². The topological polar surface area (TPSA) is 30.5 Å². The van der Waals surface area contributed by atoms with E-state index in [1.807, 2.05) is 52.3 Å². The van der Waals surface area contributed by atoms with Crippen molar-refractivity contribution in [2.75, 3.05) is 42.3 Å². The second kappa shape index (κ2) is 13.1. The van der Waals surface area contributed by atoms with Crippen molar-refractivity contribution < 1.29 is 0 Å². The quantitative estimate of drug-likeness (QED) is 0.395. The summed E-state index contributed by atoms with van der Waals surface area (Å²) in [6.45, 7) is 0. The first-order valence-corrected chi connectivity index (χ1v) is 3.24. The van der Waals surface area contributed by atoms with E-state index in [-0.39, 0.29) is 18.9 Å². The van der Waals surface area contributed by atoms with Gasteiger partial charge >= 0.3 is 0 Å². The van der Waals surface area contributed by atoms with Gasteiger partial charge in [0.15, 0.2) is 0 Å². The van der Waals surface area contributed by atoms with Gasteiger partial charge in [0.25, 0.3) is 0 Å². The second-order valence-corrected chi connectivity index (χ2v) is 2.24. The van der Waals surface area contributed by atoms with Crippen LogP contribution in [0.2, 0.25) is 0 Å². The van der Waals surface area contributed by atoms with Crippen LogP contribution in [0.1, 0.15) is 0 Å². The molecule has 11 heavy (non-hydrogen) atoms. The third-order valence-corrected chi connectivity index (χ3v) is 0.894. The molecule has 0 aliphatic heterocycles. The molecule has 0 spiro atoms. The van der Waals surface area contributed by atoms with Crippen molar-refractivity contribution in [2.24, 2.45) is 0 Å². The maximum Gasteiger partial charge on any atom is 0.00128 e. The monoisotopic (exact) mass is 155 g/mol. The Morgan fingerprint density at radius 3 is 0.818 bits per heavy atom. The fourth-order valence-electron chi connectivity index (χ4n) is 0. The first-order valence-electron chi connectivity index (χ1n) is 3.24. The second-order valence-electron chi connectivity index (χ2n) is 2.24. The molecule has 0 atom stereocenters. The number of hydrazine groups is 2. The molecule has 1 radical (unpaired) electrons. The van der Waals surface area contributed by atoms with E-state index >= 15 is 0 Å². The Balaban J connectivity index is -0.000000107. The van der Waals surface area contributed by atoms with Crippen molar-refractivity contribution in [3.8, 4) is 0 Å². The van der Waals surface area contributed by atoms with Crippen LogP contribution in [0.15, 0.2) is 0 Å². The van der Waals surface area contributed by atoms with Crippen molar-refractivity contribution in [3.05, 3.63) is 0 Å². The van der Waals surface area contributed by atoms with Crippen LogP contribution in [-0.2, 0) is 0 Å². The molecule has 0 aromatic carbocycles. The van der Waals surface area contributed by atoms with Gasteiger partial charge in [0.1, 0.15) is 0 Å². The van der Waals surface area contributed by atoms with Crippen molar-refractivity contribution in [1.29, 1.82) is 0 Å². The summed E-state index contributed by atoms with van der Waals surface area (Å²) < 4.78 is 0. The van der Waals surface area contributed by atoms with Gasteiger partial charge in [-0.3, -0.25) is 20.9 Å². The molecule has 0 aliphatic carbocycles. The minimum absolute atomic E-state index is 0. The Hall–Kier alpha value is 0.437. The van der Waals surface area contributed by atoms with E-state index in [1.54, 1.807) is 0 Å². The first-order chi connectivity index (χ1) is 4.54. The van der Waals surface area contributed by atoms with Gasteiger partial charge in [-0.05, 0) is 14.1 Å². The van der Waals surface area contributed by atoms with Gasteiger partial charge in [0.2, 0.25) is 0 Å². The minimum Gasteiger partial charge on any atom is -0.259 e. The average Bonchev–Trinajstić information content (AvgIpc) is 1.89. The van der Waals surface area contributed by atoms with E-state index in [0.717, 1.165) is 0 Å². The summed E-state index contributed by atoms with van der Waals surface area (Å²) in [7, 11) is 11.5. The van der Waals surface area contributed by atoms with Crippen LogP contribution < -0.4 is 10.9 Å². The van der Waals surface area contributed by atoms with E-state index in [1.165, 1.54) is 0 Å². The van der Waals surface area contributed by atoms with Crippen LogP contribution in [0.4, 0.5) is 0 Å². The van der Waals surface area contributed by atoms with E-state index in [0.29, 0.717) is 0 Å². The standard InChI is InChI=1S/2C3H10N2.Li/c2*1-4-5(2)3;/h2*4H,1-3H3;. The van der Waals surface area contributed by atoms with Crippen LogP contribution in [0.25, 0.3) is 0 Å². The summed E-state index contributed by atoms with van der Waals surface area (Å²) in [5.74, 6) is 0. The summed E-state index contributed by atoms with van der Waals surface area (Å²) in [4.78, 5) is 0. The molecule has 5 heteroatoms. The summed E-state index contributed by atoms with van der Waals surface area (Å²) in [6.07, 6.45) is 0. The zero-order valence-electron chi connectivity index (χ0n) is 8.89. The van der Waals surface area contributed by atoms with E-state index < -0.39 is 0 Å². The van der Waals surface area contributed by atoms with Crippen molar-refractivity contribution in [1.82, 2.24) is 20.9 Å². The molecule has 0 saturated carbocycles. The Labute approximate surface area is 82.4 Å². The maximum absolute atomic E-state index is 2.86. The first kappa shape index (κ1) is 17.5. The minimum atomic E-state index is 0. The molecule has 0 heterocycles. The van der Waals surface area contributed by atoms with Gasteiger partial charge in [-0.2, -0.15) is 0 Å². The number of hydrogen-bond donors (Lipinski definition) is 2. The molecule has 0 rings (SSSR count). The van der Waals surface area contributed by atoms with Crippen molar-refractivity contribution in [2.45, 2.75) is 0 Å². The van der Waals surface area contributed by atoms with Crippen LogP contribution in [-0.4, -0.2) is 71.2 Å². The summed E-state index contributed by atoms with van der Waals surface area (Å²) >= 11 is 0. The molecule has 4 nitrogen and oxygen atoms in total. The molecule has 0 aromatic heterocycles. The molecule has 0 fully saturated rings. The Morgan fingerprint density at radius 1 is 0.727 bits per heavy atom.